The predicted molar refractivity (Wildman–Crippen MR) is 88.8 cm³/mol. The highest BCUT2D eigenvalue weighted by Crippen LogP contribution is 2.39. The van der Waals surface area contributed by atoms with Crippen molar-refractivity contribution in [3.8, 4) is 0 Å². The molecule has 0 bridgehead atoms. The third-order valence-electron chi connectivity index (χ3n) is 4.62. The van der Waals surface area contributed by atoms with E-state index in [0.29, 0.717) is 12.5 Å². The van der Waals surface area contributed by atoms with Crippen LogP contribution in [0.3, 0.4) is 0 Å². The number of amides is 1. The lowest BCUT2D eigenvalue weighted by Gasteiger charge is -2.17. The number of nitrogens with zero attached hydrogens (tertiary/aromatic N) is 3. The Morgan fingerprint density at radius 1 is 1.42 bits per heavy atom. The van der Waals surface area contributed by atoms with Crippen LogP contribution in [0.25, 0.3) is 0 Å². The minimum absolute atomic E-state index is 0.0288. The van der Waals surface area contributed by atoms with Crippen LogP contribution in [0.15, 0.2) is 12.3 Å². The summed E-state index contributed by atoms with van der Waals surface area (Å²) in [5, 5.41) is 10.7. The number of nitrogens with two attached hydrogens (primary N) is 1. The van der Waals surface area contributed by atoms with Gasteiger partial charge in [-0.15, -0.1) is 5.10 Å². The molecule has 2 atom stereocenters. The van der Waals surface area contributed by atoms with Gasteiger partial charge in [-0.3, -0.25) is 4.79 Å². The Balaban J connectivity index is 1.65. The van der Waals surface area contributed by atoms with Crippen LogP contribution in [-0.4, -0.2) is 60.3 Å². The lowest BCUT2D eigenvalue weighted by molar-refractivity contribution is 0.0926. The van der Waals surface area contributed by atoms with Crippen LogP contribution in [0, 0.1) is 5.92 Å². The molecule has 0 radical (unpaired) electrons. The average Bonchev–Trinajstić information content (AvgIpc) is 3.32. The molecule has 1 aliphatic heterocycles. The van der Waals surface area contributed by atoms with Gasteiger partial charge in [-0.25, -0.2) is 8.42 Å². The van der Waals surface area contributed by atoms with E-state index in [0.717, 1.165) is 18.4 Å². The summed E-state index contributed by atoms with van der Waals surface area (Å²) in [5.74, 6) is 0.144. The van der Waals surface area contributed by atoms with Crippen molar-refractivity contribution < 1.29 is 13.2 Å². The number of nitrogens with one attached hydrogen (secondary N) is 1. The van der Waals surface area contributed by atoms with Gasteiger partial charge in [0.05, 0.1) is 11.9 Å². The van der Waals surface area contributed by atoms with Crippen LogP contribution < -0.4 is 11.1 Å². The quantitative estimate of drug-likeness (QED) is 0.724. The molecule has 0 aromatic carbocycles. The SMILES string of the molecule is C[C@@H]1CN(S(=O)(=O)CCN)C[C@@H]1NC(=O)c1cc(C2CC2)cnn1. The van der Waals surface area contributed by atoms with Gasteiger partial charge in [-0.2, -0.15) is 9.40 Å². The van der Waals surface area contributed by atoms with E-state index < -0.39 is 10.0 Å². The fourth-order valence-corrected chi connectivity index (χ4v) is 4.40. The molecule has 1 aromatic rings. The molecule has 2 aliphatic rings. The zero-order valence-electron chi connectivity index (χ0n) is 13.7. The number of aromatic nitrogens is 2. The molecular weight excluding hydrogens is 330 g/mol. The number of rotatable bonds is 6. The smallest absolute Gasteiger partial charge is 0.272 e. The van der Waals surface area contributed by atoms with Crippen LogP contribution >= 0.6 is 0 Å². The standard InChI is InChI=1S/C15H23N5O3S/c1-10-8-20(24(22,23)5-4-16)9-14(10)18-15(21)13-6-12(7-17-19-13)11-2-3-11/h6-7,10-11,14H,2-5,8-9,16H2,1H3,(H,18,21)/t10-,14+/m1/s1. The largest absolute Gasteiger partial charge is 0.346 e. The van der Waals surface area contributed by atoms with E-state index in [4.69, 9.17) is 5.73 Å². The summed E-state index contributed by atoms with van der Waals surface area (Å²) in [7, 11) is -3.36. The molecule has 0 spiro atoms. The van der Waals surface area contributed by atoms with Crippen molar-refractivity contribution in [2.75, 3.05) is 25.4 Å². The third-order valence-corrected chi connectivity index (χ3v) is 6.46. The lowest BCUT2D eigenvalue weighted by Crippen LogP contribution is -2.41. The van der Waals surface area contributed by atoms with Crippen molar-refractivity contribution in [1.82, 2.24) is 19.8 Å². The number of hydrogen-bond donors (Lipinski definition) is 2. The highest BCUT2D eigenvalue weighted by Gasteiger charge is 2.37. The van der Waals surface area contributed by atoms with Gasteiger partial charge in [0, 0.05) is 25.7 Å². The van der Waals surface area contributed by atoms with Crippen LogP contribution in [0.2, 0.25) is 0 Å². The molecule has 1 amide bonds. The Kier molecular flexibility index (Phi) is 4.84. The maximum absolute atomic E-state index is 12.4. The summed E-state index contributed by atoms with van der Waals surface area (Å²) < 4.78 is 25.6. The van der Waals surface area contributed by atoms with Crippen LogP contribution in [-0.2, 0) is 10.0 Å². The maximum Gasteiger partial charge on any atom is 0.272 e. The van der Waals surface area contributed by atoms with Gasteiger partial charge in [0.25, 0.3) is 5.91 Å². The summed E-state index contributed by atoms with van der Waals surface area (Å²) in [6.07, 6.45) is 3.95. The lowest BCUT2D eigenvalue weighted by atomic mass is 10.1. The second-order valence-electron chi connectivity index (χ2n) is 6.63. The van der Waals surface area contributed by atoms with Crippen molar-refractivity contribution in [2.45, 2.75) is 31.7 Å². The number of sulfonamides is 1. The van der Waals surface area contributed by atoms with Crippen molar-refractivity contribution in [3.63, 3.8) is 0 Å². The summed E-state index contributed by atoms with van der Waals surface area (Å²) in [5.41, 5.74) is 6.69. The first-order valence-corrected chi connectivity index (χ1v) is 9.83. The van der Waals surface area contributed by atoms with E-state index in [9.17, 15) is 13.2 Å². The molecule has 1 saturated heterocycles. The van der Waals surface area contributed by atoms with Crippen LogP contribution in [0.5, 0.6) is 0 Å². The van der Waals surface area contributed by atoms with Crippen molar-refractivity contribution >= 4 is 15.9 Å². The maximum atomic E-state index is 12.4. The van der Waals surface area contributed by atoms with Gasteiger partial charge in [0.1, 0.15) is 0 Å². The van der Waals surface area contributed by atoms with E-state index in [2.05, 4.69) is 15.5 Å². The topological polar surface area (TPSA) is 118 Å². The molecule has 0 unspecified atom stereocenters. The Bertz CT molecular complexity index is 720. The first kappa shape index (κ1) is 17.2. The number of carbonyl (C=O) groups is 1. The predicted octanol–water partition coefficient (Wildman–Crippen LogP) is -0.307. The molecule has 1 aromatic heterocycles. The van der Waals surface area contributed by atoms with Gasteiger partial charge in [0.2, 0.25) is 10.0 Å². The second kappa shape index (κ2) is 6.73. The summed E-state index contributed by atoms with van der Waals surface area (Å²) in [4.78, 5) is 12.4. The zero-order valence-corrected chi connectivity index (χ0v) is 14.5. The zero-order chi connectivity index (χ0) is 17.3. The van der Waals surface area contributed by atoms with Crippen molar-refractivity contribution in [2.24, 2.45) is 11.7 Å². The highest BCUT2D eigenvalue weighted by molar-refractivity contribution is 7.89. The number of hydrogen-bond acceptors (Lipinski definition) is 6. The summed E-state index contributed by atoms with van der Waals surface area (Å²) >= 11 is 0. The second-order valence-corrected chi connectivity index (χ2v) is 8.72. The Labute approximate surface area is 141 Å². The minimum Gasteiger partial charge on any atom is -0.346 e. The van der Waals surface area contributed by atoms with E-state index in [-0.39, 0.29) is 42.4 Å². The summed E-state index contributed by atoms with van der Waals surface area (Å²) in [6.45, 7) is 2.68. The van der Waals surface area contributed by atoms with Crippen molar-refractivity contribution in [1.29, 1.82) is 0 Å². The minimum atomic E-state index is -3.36. The Morgan fingerprint density at radius 2 is 2.17 bits per heavy atom. The van der Waals surface area contributed by atoms with E-state index >= 15 is 0 Å². The fraction of sp³-hybridized carbons (Fsp3) is 0.667. The first-order valence-electron chi connectivity index (χ1n) is 8.22. The van der Waals surface area contributed by atoms with Crippen molar-refractivity contribution in [3.05, 3.63) is 23.5 Å². The van der Waals surface area contributed by atoms with E-state index in [1.165, 1.54) is 4.31 Å². The average molecular weight is 353 g/mol. The molecule has 132 valence electrons. The van der Waals surface area contributed by atoms with Gasteiger partial charge >= 0.3 is 0 Å². The molecular formula is C15H23N5O3S. The molecule has 9 heteroatoms. The van der Waals surface area contributed by atoms with E-state index in [1.807, 2.05) is 6.92 Å². The molecule has 2 heterocycles. The van der Waals surface area contributed by atoms with E-state index in [1.54, 1.807) is 12.3 Å². The molecule has 2 fully saturated rings. The number of carbonyl (C=O) groups excluding carboxylic acids is 1. The van der Waals surface area contributed by atoms with Crippen LogP contribution in [0.4, 0.5) is 0 Å². The Hall–Kier alpha value is -1.58. The molecule has 3 N–H and O–H groups in total. The van der Waals surface area contributed by atoms with Gasteiger partial charge in [0.15, 0.2) is 5.69 Å². The monoisotopic (exact) mass is 353 g/mol. The molecule has 1 saturated carbocycles. The third kappa shape index (κ3) is 3.73. The van der Waals surface area contributed by atoms with Crippen LogP contribution in [0.1, 0.15) is 41.7 Å². The molecule has 8 nitrogen and oxygen atoms in total. The van der Waals surface area contributed by atoms with Gasteiger partial charge in [-0.1, -0.05) is 6.92 Å². The highest BCUT2D eigenvalue weighted by atomic mass is 32.2. The van der Waals surface area contributed by atoms with Gasteiger partial charge < -0.3 is 11.1 Å². The molecule has 24 heavy (non-hydrogen) atoms. The molecule has 1 aliphatic carbocycles. The first-order chi connectivity index (χ1) is 11.4. The normalized spacial score (nSPS) is 24.9. The molecule has 3 rings (SSSR count). The van der Waals surface area contributed by atoms with Gasteiger partial charge in [-0.05, 0) is 36.3 Å². The summed E-state index contributed by atoms with van der Waals surface area (Å²) in [6, 6.07) is 1.54. The Morgan fingerprint density at radius 3 is 2.83 bits per heavy atom. The fourth-order valence-electron chi connectivity index (χ4n) is 2.99.